The molecule has 1 fully saturated rings. The van der Waals surface area contributed by atoms with Crippen LogP contribution in [0, 0.1) is 16.7 Å². The second-order valence-electron chi connectivity index (χ2n) is 5.33. The van der Waals surface area contributed by atoms with Crippen LogP contribution in [0.2, 0.25) is 0 Å². The van der Waals surface area contributed by atoms with Gasteiger partial charge >= 0.3 is 0 Å². The second kappa shape index (κ2) is 6.59. The maximum Gasteiger partial charge on any atom is 0.230 e. The fraction of sp³-hybridized carbons (Fsp3) is 0.500. The molecular weight excluding hydrogens is 266 g/mol. The highest BCUT2D eigenvalue weighted by atomic mass is 16.5. The van der Waals surface area contributed by atoms with Gasteiger partial charge in [-0.05, 0) is 44.5 Å². The normalized spacial score (nSPS) is 16.8. The average molecular weight is 287 g/mol. The molecular formula is C16H21N3O2. The molecule has 21 heavy (non-hydrogen) atoms. The third kappa shape index (κ3) is 3.01. The molecule has 0 aliphatic carbocycles. The van der Waals surface area contributed by atoms with Gasteiger partial charge in [0.15, 0.2) is 0 Å². The Morgan fingerprint density at radius 3 is 2.76 bits per heavy atom. The monoisotopic (exact) mass is 287 g/mol. The molecule has 1 aromatic rings. The molecule has 1 aliphatic heterocycles. The third-order valence-corrected chi connectivity index (χ3v) is 4.32. The summed E-state index contributed by atoms with van der Waals surface area (Å²) in [7, 11) is 1.53. The van der Waals surface area contributed by atoms with Crippen LogP contribution in [0.4, 0.5) is 5.69 Å². The van der Waals surface area contributed by atoms with E-state index in [0.29, 0.717) is 17.0 Å². The maximum absolute atomic E-state index is 12.8. The molecule has 0 unspecified atom stereocenters. The molecule has 112 valence electrons. The van der Waals surface area contributed by atoms with Gasteiger partial charge in [-0.25, -0.2) is 0 Å². The van der Waals surface area contributed by atoms with Gasteiger partial charge in [-0.3, -0.25) is 4.79 Å². The molecule has 2 rings (SSSR count). The van der Waals surface area contributed by atoms with Crippen LogP contribution in [0.3, 0.4) is 0 Å². The number of methoxy groups -OCH3 is 1. The van der Waals surface area contributed by atoms with Crippen LogP contribution in [0.1, 0.15) is 31.7 Å². The van der Waals surface area contributed by atoms with E-state index in [1.165, 1.54) is 7.11 Å². The minimum atomic E-state index is -0.362. The van der Waals surface area contributed by atoms with Crippen molar-refractivity contribution in [2.24, 2.45) is 5.41 Å². The summed E-state index contributed by atoms with van der Waals surface area (Å²) in [6.45, 7) is 3.73. The molecule has 0 radical (unpaired) electrons. The van der Waals surface area contributed by atoms with Crippen molar-refractivity contribution in [2.75, 3.05) is 25.5 Å². The van der Waals surface area contributed by atoms with Gasteiger partial charge in [0.1, 0.15) is 17.5 Å². The quantitative estimate of drug-likeness (QED) is 0.891. The standard InChI is InChI=1S/C16H21N3O2/c1-3-16(7-9-18-10-8-16)15(20)19-14-12(11-17)5-4-6-13(14)21-2/h4-6,18H,3,7-10H2,1-2H3,(H,19,20). The number of rotatable bonds is 4. The first-order chi connectivity index (χ1) is 10.2. The van der Waals surface area contributed by atoms with Crippen LogP contribution < -0.4 is 15.4 Å². The summed E-state index contributed by atoms with van der Waals surface area (Å²) in [6, 6.07) is 7.27. The van der Waals surface area contributed by atoms with Crippen LogP contribution >= 0.6 is 0 Å². The average Bonchev–Trinajstić information content (AvgIpc) is 2.55. The van der Waals surface area contributed by atoms with Crippen LogP contribution in [0.15, 0.2) is 18.2 Å². The number of benzene rings is 1. The topological polar surface area (TPSA) is 74.2 Å². The van der Waals surface area contributed by atoms with E-state index in [1.807, 2.05) is 6.92 Å². The fourth-order valence-electron chi connectivity index (χ4n) is 2.82. The van der Waals surface area contributed by atoms with E-state index in [9.17, 15) is 10.1 Å². The van der Waals surface area contributed by atoms with Gasteiger partial charge in [0.25, 0.3) is 0 Å². The van der Waals surface area contributed by atoms with Gasteiger partial charge < -0.3 is 15.4 Å². The van der Waals surface area contributed by atoms with E-state index in [4.69, 9.17) is 4.74 Å². The molecule has 0 spiro atoms. The molecule has 1 aromatic carbocycles. The van der Waals surface area contributed by atoms with Crippen molar-refractivity contribution in [3.05, 3.63) is 23.8 Å². The van der Waals surface area contributed by atoms with Crippen molar-refractivity contribution in [1.29, 1.82) is 5.26 Å². The van der Waals surface area contributed by atoms with Crippen molar-refractivity contribution >= 4 is 11.6 Å². The van der Waals surface area contributed by atoms with Gasteiger partial charge in [-0.2, -0.15) is 5.26 Å². The van der Waals surface area contributed by atoms with E-state index in [-0.39, 0.29) is 11.3 Å². The van der Waals surface area contributed by atoms with Crippen molar-refractivity contribution in [3.8, 4) is 11.8 Å². The lowest BCUT2D eigenvalue weighted by Crippen LogP contribution is -2.44. The smallest absolute Gasteiger partial charge is 0.230 e. The minimum Gasteiger partial charge on any atom is -0.495 e. The lowest BCUT2D eigenvalue weighted by atomic mass is 9.76. The van der Waals surface area contributed by atoms with Crippen molar-refractivity contribution in [1.82, 2.24) is 5.32 Å². The molecule has 1 amide bonds. The number of amides is 1. The summed E-state index contributed by atoms with van der Waals surface area (Å²) in [5.41, 5.74) is 0.528. The number of hydrogen-bond acceptors (Lipinski definition) is 4. The summed E-state index contributed by atoms with van der Waals surface area (Å²) in [5.74, 6) is 0.495. The van der Waals surface area contributed by atoms with E-state index >= 15 is 0 Å². The number of nitriles is 1. The third-order valence-electron chi connectivity index (χ3n) is 4.32. The highest BCUT2D eigenvalue weighted by Crippen LogP contribution is 2.36. The van der Waals surface area contributed by atoms with Crippen LogP contribution in [0.25, 0.3) is 0 Å². The van der Waals surface area contributed by atoms with Crippen molar-refractivity contribution in [3.63, 3.8) is 0 Å². The summed E-state index contributed by atoms with van der Waals surface area (Å²) < 4.78 is 5.26. The molecule has 0 bridgehead atoms. The lowest BCUT2D eigenvalue weighted by molar-refractivity contribution is -0.127. The number of para-hydroxylation sites is 1. The van der Waals surface area contributed by atoms with Crippen LogP contribution in [0.5, 0.6) is 5.75 Å². The Hall–Kier alpha value is -2.06. The molecule has 1 aliphatic rings. The van der Waals surface area contributed by atoms with Gasteiger partial charge in [-0.15, -0.1) is 0 Å². The lowest BCUT2D eigenvalue weighted by Gasteiger charge is -2.35. The zero-order valence-electron chi connectivity index (χ0n) is 12.5. The Balaban J connectivity index is 2.29. The zero-order valence-corrected chi connectivity index (χ0v) is 12.5. The molecule has 1 saturated heterocycles. The fourth-order valence-corrected chi connectivity index (χ4v) is 2.82. The zero-order chi connectivity index (χ0) is 15.3. The van der Waals surface area contributed by atoms with Crippen LogP contribution in [-0.2, 0) is 4.79 Å². The summed E-state index contributed by atoms with van der Waals surface area (Å²) in [4.78, 5) is 12.8. The predicted molar refractivity (Wildman–Crippen MR) is 81.2 cm³/mol. The minimum absolute atomic E-state index is 0.0208. The van der Waals surface area contributed by atoms with Crippen LogP contribution in [-0.4, -0.2) is 26.1 Å². The summed E-state index contributed by atoms with van der Waals surface area (Å²) in [5, 5.41) is 15.4. The molecule has 0 aromatic heterocycles. The Kier molecular flexibility index (Phi) is 4.81. The number of carbonyl (C=O) groups excluding carboxylic acids is 1. The second-order valence-corrected chi connectivity index (χ2v) is 5.33. The largest absolute Gasteiger partial charge is 0.495 e. The first-order valence-corrected chi connectivity index (χ1v) is 7.26. The number of carbonyl (C=O) groups is 1. The van der Waals surface area contributed by atoms with Gasteiger partial charge in [0.2, 0.25) is 5.91 Å². The Morgan fingerprint density at radius 1 is 1.48 bits per heavy atom. The predicted octanol–water partition coefficient (Wildman–Crippen LogP) is 2.29. The Bertz CT molecular complexity index is 557. The molecule has 0 saturated carbocycles. The molecule has 2 N–H and O–H groups in total. The number of ether oxygens (including phenoxy) is 1. The number of nitrogens with zero attached hydrogens (tertiary/aromatic N) is 1. The van der Waals surface area contributed by atoms with E-state index in [2.05, 4.69) is 16.7 Å². The van der Waals surface area contributed by atoms with Gasteiger partial charge in [0.05, 0.1) is 18.1 Å². The van der Waals surface area contributed by atoms with Gasteiger partial charge in [0, 0.05) is 0 Å². The molecule has 5 heteroatoms. The maximum atomic E-state index is 12.8. The number of piperidine rings is 1. The first kappa shape index (κ1) is 15.3. The molecule has 0 atom stereocenters. The van der Waals surface area contributed by atoms with E-state index < -0.39 is 0 Å². The Labute approximate surface area is 125 Å². The highest BCUT2D eigenvalue weighted by Gasteiger charge is 2.38. The first-order valence-electron chi connectivity index (χ1n) is 7.26. The molecule has 1 heterocycles. The summed E-state index contributed by atoms with van der Waals surface area (Å²) >= 11 is 0. The SMILES string of the molecule is CCC1(C(=O)Nc2c(C#N)cccc2OC)CCNCC1. The number of nitrogens with one attached hydrogen (secondary N) is 2. The summed E-state index contributed by atoms with van der Waals surface area (Å²) in [6.07, 6.45) is 2.41. The number of anilines is 1. The van der Waals surface area contributed by atoms with Crippen molar-refractivity contribution < 1.29 is 9.53 Å². The molecule has 5 nitrogen and oxygen atoms in total. The Morgan fingerprint density at radius 2 is 2.19 bits per heavy atom. The van der Waals surface area contributed by atoms with E-state index in [1.54, 1.807) is 18.2 Å². The van der Waals surface area contributed by atoms with E-state index in [0.717, 1.165) is 32.4 Å². The van der Waals surface area contributed by atoms with Gasteiger partial charge in [-0.1, -0.05) is 13.0 Å². The number of hydrogen-bond donors (Lipinski definition) is 2. The van der Waals surface area contributed by atoms with Crippen molar-refractivity contribution in [2.45, 2.75) is 26.2 Å². The highest BCUT2D eigenvalue weighted by molar-refractivity contribution is 5.97.